The number of carbonyl (C=O) groups is 4. The van der Waals surface area contributed by atoms with E-state index in [0.29, 0.717) is 0 Å². The SMILES string of the molecule is C[C@@H]1[C@H]2C[C@]3([C@H](C)C(=O)C[C@]3(O)C13COC3=O)[C@@H](OC(=O)/C=C/c1ccccc1)C(=O)O2. The van der Waals surface area contributed by atoms with Gasteiger partial charge in [-0.15, -0.1) is 0 Å². The molecule has 4 aliphatic rings. The first-order valence-electron chi connectivity index (χ1n) is 10.7. The maximum Gasteiger partial charge on any atom is 0.348 e. The minimum absolute atomic E-state index is 0.0755. The van der Waals surface area contributed by atoms with Gasteiger partial charge in [0.1, 0.15) is 29.5 Å². The third kappa shape index (κ3) is 2.36. The number of fused-ring (bicyclic) bond motifs is 2. The molecule has 1 N–H and O–H groups in total. The molecule has 1 unspecified atom stereocenters. The highest BCUT2D eigenvalue weighted by molar-refractivity contribution is 5.96. The fourth-order valence-corrected chi connectivity index (χ4v) is 6.38. The number of ether oxygens (including phenoxy) is 3. The molecule has 1 aromatic carbocycles. The Morgan fingerprint density at radius 2 is 1.91 bits per heavy atom. The molecule has 168 valence electrons. The van der Waals surface area contributed by atoms with Crippen LogP contribution in [-0.2, 0) is 33.4 Å². The standard InChI is InChI=1S/C24H24O8/c1-13-16(25)10-24(29)22(13)11-17(14(2)23(24)12-30-21(23)28)31-20(27)19(22)32-18(26)9-8-15-6-4-3-5-7-15/h3-9,13-14,17,19,29H,10-12H2,1-2H3/b9-8+/t13-,14-,17-,19+,22+,23?,24-/m1/s1. The van der Waals surface area contributed by atoms with Crippen LogP contribution in [0.15, 0.2) is 36.4 Å². The molecule has 0 radical (unpaired) electrons. The van der Waals surface area contributed by atoms with E-state index < -0.39 is 58.4 Å². The van der Waals surface area contributed by atoms with Crippen LogP contribution in [0.5, 0.6) is 0 Å². The molecule has 4 fully saturated rings. The van der Waals surface area contributed by atoms with Gasteiger partial charge < -0.3 is 19.3 Å². The van der Waals surface area contributed by atoms with Gasteiger partial charge in [-0.2, -0.15) is 0 Å². The number of hydrogen-bond donors (Lipinski definition) is 1. The maximum absolute atomic E-state index is 13.0. The van der Waals surface area contributed by atoms with E-state index in [4.69, 9.17) is 14.2 Å². The van der Waals surface area contributed by atoms with E-state index in [2.05, 4.69) is 0 Å². The average Bonchev–Trinajstić information content (AvgIpc) is 2.95. The zero-order valence-corrected chi connectivity index (χ0v) is 17.8. The number of esters is 3. The zero-order chi connectivity index (χ0) is 22.9. The predicted octanol–water partition coefficient (Wildman–Crippen LogP) is 1.45. The molecule has 5 rings (SSSR count). The van der Waals surface area contributed by atoms with Crippen LogP contribution in [0.25, 0.3) is 6.08 Å². The molecule has 8 heteroatoms. The van der Waals surface area contributed by atoms with E-state index >= 15 is 0 Å². The number of rotatable bonds is 3. The first-order valence-corrected chi connectivity index (χ1v) is 10.7. The summed E-state index contributed by atoms with van der Waals surface area (Å²) < 4.78 is 16.2. The van der Waals surface area contributed by atoms with E-state index in [9.17, 15) is 24.3 Å². The number of aliphatic hydroxyl groups is 1. The second-order valence-electron chi connectivity index (χ2n) is 9.34. The van der Waals surface area contributed by atoms with E-state index in [-0.39, 0.29) is 25.2 Å². The predicted molar refractivity (Wildman–Crippen MR) is 109 cm³/mol. The van der Waals surface area contributed by atoms with Crippen LogP contribution < -0.4 is 0 Å². The van der Waals surface area contributed by atoms with Gasteiger partial charge >= 0.3 is 17.9 Å². The van der Waals surface area contributed by atoms with Gasteiger partial charge in [-0.05, 0) is 18.1 Å². The van der Waals surface area contributed by atoms with Gasteiger partial charge in [0.2, 0.25) is 6.10 Å². The quantitative estimate of drug-likeness (QED) is 0.427. The summed E-state index contributed by atoms with van der Waals surface area (Å²) in [6, 6.07) is 9.07. The first kappa shape index (κ1) is 20.9. The highest BCUT2D eigenvalue weighted by Gasteiger charge is 2.85. The van der Waals surface area contributed by atoms with Crippen molar-refractivity contribution < 1.29 is 38.5 Å². The Kier molecular flexibility index (Phi) is 4.40. The Balaban J connectivity index is 1.55. The molecule has 0 aromatic heterocycles. The summed E-state index contributed by atoms with van der Waals surface area (Å²) in [4.78, 5) is 51.3. The number of benzene rings is 1. The Morgan fingerprint density at radius 1 is 1.19 bits per heavy atom. The van der Waals surface area contributed by atoms with E-state index in [1.807, 2.05) is 18.2 Å². The molecule has 2 saturated heterocycles. The van der Waals surface area contributed by atoms with Crippen LogP contribution in [0.1, 0.15) is 32.3 Å². The molecule has 2 bridgehead atoms. The third-order valence-corrected chi connectivity index (χ3v) is 8.26. The normalized spacial score (nSPS) is 42.3. The molecule has 2 saturated carbocycles. The lowest BCUT2D eigenvalue weighted by Gasteiger charge is -2.66. The fraction of sp³-hybridized carbons (Fsp3) is 0.500. The van der Waals surface area contributed by atoms with Gasteiger partial charge in [0.15, 0.2) is 0 Å². The smallest absolute Gasteiger partial charge is 0.348 e. The summed E-state index contributed by atoms with van der Waals surface area (Å²) in [6.45, 7) is 3.26. The summed E-state index contributed by atoms with van der Waals surface area (Å²) in [5, 5.41) is 12.0. The average molecular weight is 440 g/mol. The largest absolute Gasteiger partial charge is 0.464 e. The monoisotopic (exact) mass is 440 g/mol. The number of hydrogen-bond acceptors (Lipinski definition) is 8. The van der Waals surface area contributed by atoms with E-state index in [1.165, 1.54) is 6.08 Å². The van der Waals surface area contributed by atoms with Crippen molar-refractivity contribution in [3.63, 3.8) is 0 Å². The van der Waals surface area contributed by atoms with Crippen molar-refractivity contribution in [3.8, 4) is 0 Å². The molecular formula is C24H24O8. The van der Waals surface area contributed by atoms with Gasteiger partial charge in [-0.3, -0.25) is 9.59 Å². The number of carbonyl (C=O) groups excluding carboxylic acids is 4. The summed E-state index contributed by atoms with van der Waals surface area (Å²) >= 11 is 0. The van der Waals surface area contributed by atoms with Crippen LogP contribution in [0.4, 0.5) is 0 Å². The Bertz CT molecular complexity index is 1050. The second kappa shape index (κ2) is 6.75. The minimum atomic E-state index is -1.88. The lowest BCUT2D eigenvalue weighted by molar-refractivity contribution is -0.322. The molecule has 7 atom stereocenters. The summed E-state index contributed by atoms with van der Waals surface area (Å²) in [6.07, 6.45) is 0.333. The summed E-state index contributed by atoms with van der Waals surface area (Å²) in [5.41, 5.74) is -3.97. The topological polar surface area (TPSA) is 116 Å². The first-order chi connectivity index (χ1) is 15.2. The second-order valence-corrected chi connectivity index (χ2v) is 9.34. The molecule has 8 nitrogen and oxygen atoms in total. The van der Waals surface area contributed by atoms with Crippen molar-refractivity contribution in [2.45, 2.75) is 44.5 Å². The van der Waals surface area contributed by atoms with E-state index in [1.54, 1.807) is 32.1 Å². The van der Waals surface area contributed by atoms with Crippen molar-refractivity contribution in [3.05, 3.63) is 42.0 Å². The highest BCUT2D eigenvalue weighted by Crippen LogP contribution is 2.70. The van der Waals surface area contributed by atoms with Crippen molar-refractivity contribution in [2.75, 3.05) is 6.61 Å². The van der Waals surface area contributed by atoms with Gasteiger partial charge in [0, 0.05) is 24.3 Å². The minimum Gasteiger partial charge on any atom is -0.464 e. The van der Waals surface area contributed by atoms with Crippen LogP contribution >= 0.6 is 0 Å². The van der Waals surface area contributed by atoms with Gasteiger partial charge in [0.05, 0.1) is 5.41 Å². The Labute approximate surface area is 184 Å². The van der Waals surface area contributed by atoms with Crippen LogP contribution in [0.3, 0.4) is 0 Å². The third-order valence-electron chi connectivity index (χ3n) is 8.26. The van der Waals surface area contributed by atoms with E-state index in [0.717, 1.165) is 5.56 Å². The van der Waals surface area contributed by atoms with Crippen LogP contribution in [0, 0.1) is 22.7 Å². The van der Waals surface area contributed by atoms with Crippen molar-refractivity contribution in [2.24, 2.45) is 22.7 Å². The molecule has 1 aromatic rings. The maximum atomic E-state index is 13.0. The van der Waals surface area contributed by atoms with Crippen molar-refractivity contribution >= 4 is 29.8 Å². The molecule has 0 amide bonds. The summed E-state index contributed by atoms with van der Waals surface area (Å²) in [5.74, 6) is -3.86. The molecule has 2 aliphatic heterocycles. The molecule has 2 heterocycles. The molecule has 2 aliphatic carbocycles. The highest BCUT2D eigenvalue weighted by atomic mass is 16.6. The van der Waals surface area contributed by atoms with Crippen LogP contribution in [-0.4, -0.2) is 53.2 Å². The van der Waals surface area contributed by atoms with Gasteiger partial charge in [0.25, 0.3) is 0 Å². The van der Waals surface area contributed by atoms with Gasteiger partial charge in [-0.25, -0.2) is 9.59 Å². The van der Waals surface area contributed by atoms with Crippen LogP contribution in [0.2, 0.25) is 0 Å². The molecule has 32 heavy (non-hydrogen) atoms. The fourth-order valence-electron chi connectivity index (χ4n) is 6.38. The van der Waals surface area contributed by atoms with Gasteiger partial charge in [-0.1, -0.05) is 44.2 Å². The number of ketones is 1. The number of cyclic esters (lactones) is 1. The summed E-state index contributed by atoms with van der Waals surface area (Å²) in [7, 11) is 0. The van der Waals surface area contributed by atoms with Crippen molar-refractivity contribution in [1.82, 2.24) is 0 Å². The molecule has 2 spiro atoms. The Hall–Kier alpha value is -3.00. The van der Waals surface area contributed by atoms with Crippen molar-refractivity contribution in [1.29, 1.82) is 0 Å². The zero-order valence-electron chi connectivity index (χ0n) is 17.8. The Morgan fingerprint density at radius 3 is 2.53 bits per heavy atom. The lowest BCUT2D eigenvalue weighted by Crippen LogP contribution is -2.80. The number of Topliss-reactive ketones (excluding diaryl/α,β-unsaturated/α-hetero) is 1. The lowest BCUT2D eigenvalue weighted by atomic mass is 9.43. The molecular weight excluding hydrogens is 416 g/mol.